The second-order valence-electron chi connectivity index (χ2n) is 3.67. The minimum absolute atomic E-state index is 0.0324. The van der Waals surface area contributed by atoms with Crippen LogP contribution in [0.25, 0.3) is 0 Å². The first kappa shape index (κ1) is 13.5. The predicted molar refractivity (Wildman–Crippen MR) is 62.9 cm³/mol. The van der Waals surface area contributed by atoms with Gasteiger partial charge in [0.15, 0.2) is 0 Å². The third-order valence-corrected chi connectivity index (χ3v) is 2.10. The molecule has 0 bridgehead atoms. The number of methoxy groups -OCH3 is 1. The van der Waals surface area contributed by atoms with Crippen molar-refractivity contribution >= 4 is 5.91 Å². The van der Waals surface area contributed by atoms with Crippen LogP contribution in [0.4, 0.5) is 0 Å². The molecule has 0 heterocycles. The van der Waals surface area contributed by atoms with Crippen LogP contribution in [0, 0.1) is 0 Å². The lowest BCUT2D eigenvalue weighted by Crippen LogP contribution is -2.36. The normalized spacial score (nSPS) is 12.1. The zero-order valence-electron chi connectivity index (χ0n) is 9.97. The fourth-order valence-electron chi connectivity index (χ4n) is 1.32. The molecule has 0 saturated carbocycles. The van der Waals surface area contributed by atoms with E-state index in [4.69, 9.17) is 9.47 Å². The van der Waals surface area contributed by atoms with Crippen molar-refractivity contribution in [3.63, 3.8) is 0 Å². The molecule has 2 N–H and O–H groups in total. The third kappa shape index (κ3) is 4.42. The molecule has 17 heavy (non-hydrogen) atoms. The monoisotopic (exact) mass is 239 g/mol. The number of rotatable bonds is 6. The van der Waals surface area contributed by atoms with Crippen LogP contribution in [-0.4, -0.2) is 37.6 Å². The zero-order valence-corrected chi connectivity index (χ0v) is 9.97. The van der Waals surface area contributed by atoms with Gasteiger partial charge in [-0.2, -0.15) is 0 Å². The van der Waals surface area contributed by atoms with Crippen molar-refractivity contribution in [2.45, 2.75) is 13.0 Å². The van der Waals surface area contributed by atoms with E-state index in [1.807, 2.05) is 6.92 Å². The minimum Gasteiger partial charge on any atom is -0.507 e. The van der Waals surface area contributed by atoms with Crippen LogP contribution in [0.15, 0.2) is 24.3 Å². The van der Waals surface area contributed by atoms with Crippen molar-refractivity contribution in [2.24, 2.45) is 0 Å². The molecule has 5 heteroatoms. The molecule has 5 nitrogen and oxygen atoms in total. The highest BCUT2D eigenvalue weighted by Gasteiger charge is 2.12. The van der Waals surface area contributed by atoms with Crippen LogP contribution < -0.4 is 5.32 Å². The topological polar surface area (TPSA) is 67.8 Å². The average Bonchev–Trinajstić information content (AvgIpc) is 2.29. The van der Waals surface area contributed by atoms with E-state index in [1.54, 1.807) is 18.2 Å². The highest BCUT2D eigenvalue weighted by atomic mass is 16.7. The first-order valence-electron chi connectivity index (χ1n) is 5.30. The van der Waals surface area contributed by atoms with Gasteiger partial charge < -0.3 is 19.9 Å². The number of aromatic hydroxyl groups is 1. The summed E-state index contributed by atoms with van der Waals surface area (Å²) in [5.74, 6) is -0.355. The Kier molecular flexibility index (Phi) is 5.45. The Hall–Kier alpha value is -1.59. The number of hydrogen-bond acceptors (Lipinski definition) is 4. The van der Waals surface area contributed by atoms with Gasteiger partial charge in [-0.05, 0) is 19.1 Å². The summed E-state index contributed by atoms with van der Waals surface area (Å²) in [4.78, 5) is 11.8. The molecule has 0 spiro atoms. The molecule has 0 radical (unpaired) electrons. The molecule has 94 valence electrons. The quantitative estimate of drug-likeness (QED) is 0.577. The van der Waals surface area contributed by atoms with E-state index in [2.05, 4.69) is 5.32 Å². The summed E-state index contributed by atoms with van der Waals surface area (Å²) in [5, 5.41) is 12.2. The molecule has 1 aromatic rings. The summed E-state index contributed by atoms with van der Waals surface area (Å²) in [7, 11) is 1.53. The van der Waals surface area contributed by atoms with Gasteiger partial charge in [0.1, 0.15) is 12.5 Å². The van der Waals surface area contributed by atoms with Crippen molar-refractivity contribution < 1.29 is 19.4 Å². The third-order valence-electron chi connectivity index (χ3n) is 2.10. The second kappa shape index (κ2) is 6.88. The molecule has 0 fully saturated rings. The Morgan fingerprint density at radius 3 is 2.82 bits per heavy atom. The van der Waals surface area contributed by atoms with Crippen molar-refractivity contribution in [3.8, 4) is 5.75 Å². The van der Waals surface area contributed by atoms with E-state index in [9.17, 15) is 9.90 Å². The van der Waals surface area contributed by atoms with E-state index in [1.165, 1.54) is 13.2 Å². The summed E-state index contributed by atoms with van der Waals surface area (Å²) in [6.07, 6.45) is 0. The molecule has 1 amide bonds. The maximum absolute atomic E-state index is 11.8. The smallest absolute Gasteiger partial charge is 0.255 e. The number of carbonyl (C=O) groups is 1. The fourth-order valence-corrected chi connectivity index (χ4v) is 1.32. The van der Waals surface area contributed by atoms with E-state index in [-0.39, 0.29) is 30.1 Å². The SMILES string of the molecule is COCOCC(C)NC(=O)c1ccccc1O. The summed E-state index contributed by atoms with van der Waals surface area (Å²) in [6, 6.07) is 6.24. The van der Waals surface area contributed by atoms with Crippen LogP contribution in [0.5, 0.6) is 5.75 Å². The molecule has 1 rings (SSSR count). The highest BCUT2D eigenvalue weighted by molar-refractivity contribution is 5.96. The largest absolute Gasteiger partial charge is 0.507 e. The number of benzene rings is 1. The van der Waals surface area contributed by atoms with Gasteiger partial charge in [-0.25, -0.2) is 0 Å². The van der Waals surface area contributed by atoms with Crippen LogP contribution in [-0.2, 0) is 9.47 Å². The van der Waals surface area contributed by atoms with Gasteiger partial charge >= 0.3 is 0 Å². The van der Waals surface area contributed by atoms with Crippen molar-refractivity contribution in [3.05, 3.63) is 29.8 Å². The summed E-state index contributed by atoms with van der Waals surface area (Å²) >= 11 is 0. The van der Waals surface area contributed by atoms with Crippen molar-refractivity contribution in [1.82, 2.24) is 5.32 Å². The summed E-state index contributed by atoms with van der Waals surface area (Å²) in [5.41, 5.74) is 0.256. The van der Waals surface area contributed by atoms with Gasteiger partial charge in [-0.15, -0.1) is 0 Å². The summed E-state index contributed by atoms with van der Waals surface area (Å²) < 4.78 is 9.84. The fraction of sp³-hybridized carbons (Fsp3) is 0.417. The molecule has 1 aromatic carbocycles. The lowest BCUT2D eigenvalue weighted by atomic mass is 10.2. The van der Waals surface area contributed by atoms with E-state index in [0.717, 1.165) is 0 Å². The van der Waals surface area contributed by atoms with Crippen molar-refractivity contribution in [1.29, 1.82) is 0 Å². The molecule has 1 unspecified atom stereocenters. The van der Waals surface area contributed by atoms with Crippen molar-refractivity contribution in [2.75, 3.05) is 20.5 Å². The van der Waals surface area contributed by atoms with Gasteiger partial charge in [0, 0.05) is 13.2 Å². The average molecular weight is 239 g/mol. The Bertz CT molecular complexity index is 367. The lowest BCUT2D eigenvalue weighted by molar-refractivity contribution is -0.0359. The molecule has 0 saturated heterocycles. The van der Waals surface area contributed by atoms with Crippen LogP contribution >= 0.6 is 0 Å². The van der Waals surface area contributed by atoms with Gasteiger partial charge in [0.25, 0.3) is 5.91 Å². The number of phenols is 1. The molecule has 0 aliphatic rings. The van der Waals surface area contributed by atoms with E-state index in [0.29, 0.717) is 6.61 Å². The first-order chi connectivity index (χ1) is 8.15. The highest BCUT2D eigenvalue weighted by Crippen LogP contribution is 2.15. The molecule has 1 atom stereocenters. The van der Waals surface area contributed by atoms with Crippen LogP contribution in [0.1, 0.15) is 17.3 Å². The Labute approximate surface area is 100 Å². The lowest BCUT2D eigenvalue weighted by Gasteiger charge is -2.14. The Balaban J connectivity index is 2.46. The van der Waals surface area contributed by atoms with Crippen LogP contribution in [0.3, 0.4) is 0 Å². The van der Waals surface area contributed by atoms with E-state index >= 15 is 0 Å². The number of phenolic OH excluding ortho intramolecular Hbond substituents is 1. The first-order valence-corrected chi connectivity index (χ1v) is 5.30. The summed E-state index contributed by atoms with van der Waals surface area (Å²) in [6.45, 7) is 2.36. The predicted octanol–water partition coefficient (Wildman–Crippen LogP) is 1.13. The zero-order chi connectivity index (χ0) is 12.7. The van der Waals surface area contributed by atoms with Gasteiger partial charge in [0.2, 0.25) is 0 Å². The van der Waals surface area contributed by atoms with Gasteiger partial charge in [0.05, 0.1) is 12.2 Å². The Morgan fingerprint density at radius 2 is 2.18 bits per heavy atom. The number of carbonyl (C=O) groups excluding carboxylic acids is 1. The van der Waals surface area contributed by atoms with Gasteiger partial charge in [-0.1, -0.05) is 12.1 Å². The maximum Gasteiger partial charge on any atom is 0.255 e. The number of nitrogens with one attached hydrogen (secondary N) is 1. The second-order valence-corrected chi connectivity index (χ2v) is 3.67. The number of para-hydroxylation sites is 1. The number of amides is 1. The number of hydrogen-bond donors (Lipinski definition) is 2. The minimum atomic E-state index is -0.323. The van der Waals surface area contributed by atoms with E-state index < -0.39 is 0 Å². The molecular formula is C12H17NO4. The Morgan fingerprint density at radius 1 is 1.47 bits per heavy atom. The maximum atomic E-state index is 11.8. The molecule has 0 aromatic heterocycles. The molecule has 0 aliphatic carbocycles. The van der Waals surface area contributed by atoms with Crippen LogP contribution in [0.2, 0.25) is 0 Å². The van der Waals surface area contributed by atoms with Gasteiger partial charge in [-0.3, -0.25) is 4.79 Å². The molecule has 0 aliphatic heterocycles. The standard InChI is InChI=1S/C12H17NO4/c1-9(7-17-8-16-2)13-12(15)10-5-3-4-6-11(10)14/h3-6,9,14H,7-8H2,1-2H3,(H,13,15). The number of ether oxygens (including phenoxy) is 2. The molecular weight excluding hydrogens is 222 g/mol.